The second-order valence-corrected chi connectivity index (χ2v) is 11.1. The van der Waals surface area contributed by atoms with E-state index in [1.807, 2.05) is 39.0 Å². The van der Waals surface area contributed by atoms with Crippen molar-refractivity contribution in [1.29, 1.82) is 0 Å². The van der Waals surface area contributed by atoms with E-state index in [4.69, 9.17) is 9.47 Å². The second-order valence-electron chi connectivity index (χ2n) is 9.47. The zero-order valence-corrected chi connectivity index (χ0v) is 22.5. The van der Waals surface area contributed by atoms with E-state index in [1.54, 1.807) is 42.6 Å². The van der Waals surface area contributed by atoms with Gasteiger partial charge in [-0.1, -0.05) is 29.8 Å². The third kappa shape index (κ3) is 4.36. The molecule has 38 heavy (non-hydrogen) atoms. The van der Waals surface area contributed by atoms with Crippen molar-refractivity contribution in [1.82, 2.24) is 14.7 Å². The van der Waals surface area contributed by atoms with Crippen molar-refractivity contribution in [2.75, 3.05) is 13.7 Å². The number of nitrogens with zero attached hydrogens (tertiary/aromatic N) is 2. The van der Waals surface area contributed by atoms with E-state index in [1.165, 1.54) is 13.2 Å². The van der Waals surface area contributed by atoms with Crippen LogP contribution in [0.15, 0.2) is 71.8 Å². The Morgan fingerprint density at radius 2 is 1.92 bits per heavy atom. The average Bonchev–Trinajstić information content (AvgIpc) is 3.65. The van der Waals surface area contributed by atoms with Crippen LogP contribution in [0.1, 0.15) is 41.6 Å². The molecule has 2 heterocycles. The van der Waals surface area contributed by atoms with E-state index in [0.717, 1.165) is 16.8 Å². The molecule has 0 unspecified atom stereocenters. The van der Waals surface area contributed by atoms with E-state index < -0.39 is 21.3 Å². The molecule has 1 fully saturated rings. The molecule has 1 aliphatic rings. The molecule has 0 saturated heterocycles. The van der Waals surface area contributed by atoms with Gasteiger partial charge in [0.2, 0.25) is 11.8 Å². The molecular formula is C29H29N3O5S. The monoisotopic (exact) mass is 531 g/mol. The predicted molar refractivity (Wildman–Crippen MR) is 144 cm³/mol. The van der Waals surface area contributed by atoms with Crippen LogP contribution < -0.4 is 14.2 Å². The maximum absolute atomic E-state index is 14.1. The molecule has 0 spiro atoms. The van der Waals surface area contributed by atoms with Gasteiger partial charge in [-0.05, 0) is 63.6 Å². The van der Waals surface area contributed by atoms with Gasteiger partial charge in [0.05, 0.1) is 29.5 Å². The highest BCUT2D eigenvalue weighted by atomic mass is 32.2. The van der Waals surface area contributed by atoms with Crippen LogP contribution in [0.25, 0.3) is 10.9 Å². The van der Waals surface area contributed by atoms with Gasteiger partial charge in [-0.2, -0.15) is 0 Å². The molecule has 2 atom stereocenters. The number of rotatable bonds is 8. The van der Waals surface area contributed by atoms with Gasteiger partial charge >= 0.3 is 0 Å². The summed E-state index contributed by atoms with van der Waals surface area (Å²) in [6, 6.07) is 17.5. The van der Waals surface area contributed by atoms with E-state index in [2.05, 4.69) is 14.7 Å². The Kier molecular flexibility index (Phi) is 6.56. The number of pyridine rings is 2. The molecule has 0 aliphatic heterocycles. The molecule has 2 aromatic heterocycles. The topological polar surface area (TPSA) is 107 Å². The van der Waals surface area contributed by atoms with Crippen molar-refractivity contribution in [2.24, 2.45) is 0 Å². The van der Waals surface area contributed by atoms with Crippen LogP contribution in [0.3, 0.4) is 0 Å². The molecule has 1 saturated carbocycles. The maximum atomic E-state index is 14.1. The predicted octanol–water partition coefficient (Wildman–Crippen LogP) is 4.58. The highest BCUT2D eigenvalue weighted by Crippen LogP contribution is 2.63. The first-order valence-electron chi connectivity index (χ1n) is 12.4. The summed E-state index contributed by atoms with van der Waals surface area (Å²) < 4.78 is 41.1. The van der Waals surface area contributed by atoms with Gasteiger partial charge in [-0.3, -0.25) is 9.78 Å². The van der Waals surface area contributed by atoms with Crippen LogP contribution in [-0.4, -0.2) is 38.0 Å². The second kappa shape index (κ2) is 9.72. The molecule has 1 aliphatic carbocycles. The molecule has 9 heteroatoms. The number of benzene rings is 2. The normalized spacial score (nSPS) is 18.7. The van der Waals surface area contributed by atoms with Crippen molar-refractivity contribution in [2.45, 2.75) is 43.4 Å². The highest BCUT2D eigenvalue weighted by molar-refractivity contribution is 7.90. The van der Waals surface area contributed by atoms with Crippen LogP contribution >= 0.6 is 0 Å². The van der Waals surface area contributed by atoms with Gasteiger partial charge in [0.25, 0.3) is 10.0 Å². The first-order valence-corrected chi connectivity index (χ1v) is 13.9. The first kappa shape index (κ1) is 25.7. The number of nitrogens with one attached hydrogen (secondary N) is 1. The molecule has 4 aromatic rings. The van der Waals surface area contributed by atoms with Gasteiger partial charge in [0.15, 0.2) is 0 Å². The summed E-state index contributed by atoms with van der Waals surface area (Å²) in [7, 11) is -2.70. The number of sulfonamides is 1. The zero-order valence-electron chi connectivity index (χ0n) is 21.7. The number of aryl methyl sites for hydroxylation is 2. The number of carbonyl (C=O) groups excluding carboxylic acids is 1. The van der Waals surface area contributed by atoms with Gasteiger partial charge in [0.1, 0.15) is 5.75 Å². The Morgan fingerprint density at radius 3 is 2.68 bits per heavy atom. The van der Waals surface area contributed by atoms with Gasteiger partial charge in [0, 0.05) is 34.3 Å². The number of hydrogen-bond acceptors (Lipinski definition) is 7. The quantitative estimate of drug-likeness (QED) is 0.354. The molecule has 5 rings (SSSR count). The summed E-state index contributed by atoms with van der Waals surface area (Å²) in [5.74, 6) is -0.0488. The standard InChI is InChI=1S/C29H29N3O5S/c1-5-37-27-20(8-7-15-30-27)23-17-29(23,22-16-18(2)11-14-25(22)36-4)28(33)32-38(34,35)26-10-6-9-24-21(26)13-12-19(3)31-24/h6-16,23H,5,17H2,1-4H3,(H,32,33)/t23-,29-/m0/s1. The Bertz CT molecular complexity index is 1650. The minimum atomic E-state index is -4.23. The van der Waals surface area contributed by atoms with Crippen molar-refractivity contribution in [3.05, 3.63) is 89.2 Å². The minimum absolute atomic E-state index is 0.00390. The third-order valence-electron chi connectivity index (χ3n) is 7.01. The Morgan fingerprint density at radius 1 is 1.11 bits per heavy atom. The van der Waals surface area contributed by atoms with Gasteiger partial charge in [-0.15, -0.1) is 0 Å². The lowest BCUT2D eigenvalue weighted by Crippen LogP contribution is -2.40. The summed E-state index contributed by atoms with van der Waals surface area (Å²) in [6.07, 6.45) is 2.00. The van der Waals surface area contributed by atoms with Crippen LogP contribution in [0.4, 0.5) is 0 Å². The van der Waals surface area contributed by atoms with E-state index in [9.17, 15) is 13.2 Å². The third-order valence-corrected chi connectivity index (χ3v) is 8.40. The zero-order chi connectivity index (χ0) is 27.1. The van der Waals surface area contributed by atoms with Crippen LogP contribution in [0, 0.1) is 13.8 Å². The fourth-order valence-electron chi connectivity index (χ4n) is 5.14. The van der Waals surface area contributed by atoms with Crippen LogP contribution in [0.2, 0.25) is 0 Å². The summed E-state index contributed by atoms with van der Waals surface area (Å²) in [4.78, 5) is 22.9. The molecule has 0 bridgehead atoms. The highest BCUT2D eigenvalue weighted by Gasteiger charge is 2.64. The SMILES string of the molecule is CCOc1ncccc1[C@@H]1C[C@]1(C(=O)NS(=O)(=O)c1cccc2nc(C)ccc12)c1cc(C)ccc1OC. The van der Waals surface area contributed by atoms with Crippen LogP contribution in [0.5, 0.6) is 11.6 Å². The first-order chi connectivity index (χ1) is 18.2. The number of hydrogen-bond donors (Lipinski definition) is 1. The largest absolute Gasteiger partial charge is 0.496 e. The molecule has 0 radical (unpaired) electrons. The lowest BCUT2D eigenvalue weighted by molar-refractivity contribution is -0.122. The van der Waals surface area contributed by atoms with E-state index in [0.29, 0.717) is 41.1 Å². The fourth-order valence-corrected chi connectivity index (χ4v) is 6.39. The van der Waals surface area contributed by atoms with Crippen molar-refractivity contribution >= 4 is 26.8 Å². The number of aromatic nitrogens is 2. The minimum Gasteiger partial charge on any atom is -0.496 e. The maximum Gasteiger partial charge on any atom is 0.264 e. The Labute approximate surface area is 222 Å². The molecule has 2 aromatic carbocycles. The summed E-state index contributed by atoms with van der Waals surface area (Å²) in [6.45, 7) is 6.03. The van der Waals surface area contributed by atoms with Crippen LogP contribution in [-0.2, 0) is 20.2 Å². The summed E-state index contributed by atoms with van der Waals surface area (Å²) >= 11 is 0. The van der Waals surface area contributed by atoms with E-state index in [-0.39, 0.29) is 10.8 Å². The smallest absolute Gasteiger partial charge is 0.264 e. The Balaban J connectivity index is 1.61. The number of amides is 1. The lowest BCUT2D eigenvalue weighted by Gasteiger charge is -2.22. The van der Waals surface area contributed by atoms with Gasteiger partial charge in [-0.25, -0.2) is 18.1 Å². The number of fused-ring (bicyclic) bond motifs is 1. The lowest BCUT2D eigenvalue weighted by atomic mass is 9.88. The van der Waals surface area contributed by atoms with Crippen molar-refractivity contribution < 1.29 is 22.7 Å². The van der Waals surface area contributed by atoms with Crippen molar-refractivity contribution in [3.63, 3.8) is 0 Å². The summed E-state index contributed by atoms with van der Waals surface area (Å²) in [5, 5.41) is 0.443. The average molecular weight is 532 g/mol. The molecule has 196 valence electrons. The Hall–Kier alpha value is -3.98. The van der Waals surface area contributed by atoms with E-state index >= 15 is 0 Å². The number of methoxy groups -OCH3 is 1. The number of ether oxygens (including phenoxy) is 2. The fraction of sp³-hybridized carbons (Fsp3) is 0.276. The molecular weight excluding hydrogens is 502 g/mol. The van der Waals surface area contributed by atoms with Gasteiger partial charge < -0.3 is 9.47 Å². The summed E-state index contributed by atoms with van der Waals surface area (Å²) in [5.41, 5.74) is 2.40. The number of carbonyl (C=O) groups is 1. The molecule has 1 amide bonds. The van der Waals surface area contributed by atoms with Crippen molar-refractivity contribution in [3.8, 4) is 11.6 Å². The molecule has 8 nitrogen and oxygen atoms in total. The molecule has 1 N–H and O–H groups in total.